The minimum Gasteiger partial charge on any atom is -0.406 e. The summed E-state index contributed by atoms with van der Waals surface area (Å²) in [7, 11) is 0. The minimum atomic E-state index is -4.87. The van der Waals surface area contributed by atoms with Gasteiger partial charge in [-0.3, -0.25) is 0 Å². The van der Waals surface area contributed by atoms with Crippen molar-refractivity contribution >= 4 is 23.2 Å². The Morgan fingerprint density at radius 2 is 1.86 bits per heavy atom. The molecule has 0 fully saturated rings. The SMILES string of the molecule is C#Cc1cn(-c2c(Cl)cc(OC(F)(F)F)cc2Cl)nc1C#N. The minimum absolute atomic E-state index is 0.0368. The van der Waals surface area contributed by atoms with Crippen LogP contribution in [-0.2, 0) is 0 Å². The van der Waals surface area contributed by atoms with Crippen LogP contribution in [0.15, 0.2) is 18.3 Å². The molecule has 2 rings (SSSR count). The largest absolute Gasteiger partial charge is 0.573 e. The average molecular weight is 346 g/mol. The second-order valence-electron chi connectivity index (χ2n) is 3.88. The van der Waals surface area contributed by atoms with Crippen LogP contribution in [0.2, 0.25) is 10.0 Å². The van der Waals surface area contributed by atoms with E-state index in [0.29, 0.717) is 0 Å². The molecule has 22 heavy (non-hydrogen) atoms. The molecule has 1 aromatic heterocycles. The monoisotopic (exact) mass is 345 g/mol. The van der Waals surface area contributed by atoms with E-state index in [2.05, 4.69) is 15.8 Å². The van der Waals surface area contributed by atoms with Crippen LogP contribution in [0.1, 0.15) is 11.3 Å². The second kappa shape index (κ2) is 5.80. The highest BCUT2D eigenvalue weighted by molar-refractivity contribution is 6.38. The topological polar surface area (TPSA) is 50.8 Å². The quantitative estimate of drug-likeness (QED) is 0.775. The normalized spacial score (nSPS) is 10.9. The van der Waals surface area contributed by atoms with Crippen molar-refractivity contribution in [3.05, 3.63) is 39.6 Å². The molecular formula is C13H4Cl2F3N3O. The van der Waals surface area contributed by atoms with Gasteiger partial charge in [0.05, 0.1) is 15.6 Å². The Morgan fingerprint density at radius 3 is 2.27 bits per heavy atom. The molecule has 1 heterocycles. The molecule has 0 saturated carbocycles. The average Bonchev–Trinajstić information content (AvgIpc) is 2.78. The number of halogens is 5. The van der Waals surface area contributed by atoms with Gasteiger partial charge in [0.2, 0.25) is 0 Å². The molecule has 0 aliphatic heterocycles. The van der Waals surface area contributed by atoms with Crippen LogP contribution in [0, 0.1) is 23.7 Å². The van der Waals surface area contributed by atoms with Gasteiger partial charge in [-0.1, -0.05) is 29.1 Å². The van der Waals surface area contributed by atoms with E-state index < -0.39 is 12.1 Å². The van der Waals surface area contributed by atoms with Crippen molar-refractivity contribution in [3.63, 3.8) is 0 Å². The van der Waals surface area contributed by atoms with Crippen molar-refractivity contribution in [2.75, 3.05) is 0 Å². The lowest BCUT2D eigenvalue weighted by molar-refractivity contribution is -0.274. The van der Waals surface area contributed by atoms with Crippen LogP contribution in [0.25, 0.3) is 5.69 Å². The maximum Gasteiger partial charge on any atom is 0.573 e. The van der Waals surface area contributed by atoms with Gasteiger partial charge in [0, 0.05) is 18.3 Å². The highest BCUT2D eigenvalue weighted by Crippen LogP contribution is 2.35. The standard InChI is InChI=1S/C13H4Cl2F3N3O/c1-2-7-6-21(20-11(7)5-19)12-9(14)3-8(4-10(12)15)22-13(16,17)18/h1,3-4,6H. The van der Waals surface area contributed by atoms with Gasteiger partial charge in [0.1, 0.15) is 17.5 Å². The molecule has 0 aliphatic rings. The molecule has 0 amide bonds. The zero-order valence-corrected chi connectivity index (χ0v) is 12.0. The van der Waals surface area contributed by atoms with Crippen molar-refractivity contribution < 1.29 is 17.9 Å². The van der Waals surface area contributed by atoms with Gasteiger partial charge < -0.3 is 4.74 Å². The van der Waals surface area contributed by atoms with Crippen molar-refractivity contribution in [2.45, 2.75) is 6.36 Å². The molecule has 0 atom stereocenters. The van der Waals surface area contributed by atoms with Gasteiger partial charge in [-0.25, -0.2) is 4.68 Å². The summed E-state index contributed by atoms with van der Waals surface area (Å²) >= 11 is 11.8. The van der Waals surface area contributed by atoms with E-state index in [1.807, 2.05) is 0 Å². The summed E-state index contributed by atoms with van der Waals surface area (Å²) in [6.45, 7) is 0. The lowest BCUT2D eigenvalue weighted by atomic mass is 10.3. The number of nitriles is 1. The summed E-state index contributed by atoms with van der Waals surface area (Å²) in [6, 6.07) is 3.64. The summed E-state index contributed by atoms with van der Waals surface area (Å²) < 4.78 is 41.4. The zero-order valence-electron chi connectivity index (χ0n) is 10.4. The van der Waals surface area contributed by atoms with Crippen molar-refractivity contribution in [2.24, 2.45) is 0 Å². The van der Waals surface area contributed by atoms with Gasteiger partial charge in [-0.15, -0.1) is 19.6 Å². The number of terminal acetylenes is 1. The van der Waals surface area contributed by atoms with Crippen LogP contribution < -0.4 is 4.74 Å². The highest BCUT2D eigenvalue weighted by Gasteiger charge is 2.31. The van der Waals surface area contributed by atoms with Crippen LogP contribution in [-0.4, -0.2) is 16.1 Å². The van der Waals surface area contributed by atoms with Crippen LogP contribution in [0.5, 0.6) is 5.75 Å². The first-order chi connectivity index (χ1) is 10.2. The zero-order chi connectivity index (χ0) is 16.5. The Bertz CT molecular complexity index is 761. The maximum absolute atomic E-state index is 12.2. The Morgan fingerprint density at radius 1 is 1.27 bits per heavy atom. The first kappa shape index (κ1) is 16.0. The summed E-state index contributed by atoms with van der Waals surface area (Å²) in [6.07, 6.45) is 1.67. The Balaban J connectivity index is 2.52. The summed E-state index contributed by atoms with van der Waals surface area (Å²) in [5, 5.41) is 12.5. The third-order valence-electron chi connectivity index (χ3n) is 2.43. The maximum atomic E-state index is 12.2. The highest BCUT2D eigenvalue weighted by atomic mass is 35.5. The molecule has 4 nitrogen and oxygen atoms in total. The van der Waals surface area contributed by atoms with E-state index in [9.17, 15) is 13.2 Å². The predicted molar refractivity (Wildman–Crippen MR) is 72.9 cm³/mol. The second-order valence-corrected chi connectivity index (χ2v) is 4.69. The first-order valence-electron chi connectivity index (χ1n) is 5.46. The van der Waals surface area contributed by atoms with Crippen LogP contribution >= 0.6 is 23.2 Å². The Labute approximate surface area is 132 Å². The molecule has 0 radical (unpaired) electrons. The van der Waals surface area contributed by atoms with Crippen LogP contribution in [0.3, 0.4) is 0 Å². The lowest BCUT2D eigenvalue weighted by Crippen LogP contribution is -2.17. The fourth-order valence-corrected chi connectivity index (χ4v) is 2.27. The van der Waals surface area contributed by atoms with Gasteiger partial charge in [-0.2, -0.15) is 10.4 Å². The Kier molecular flexibility index (Phi) is 4.23. The number of ether oxygens (including phenoxy) is 1. The van der Waals surface area contributed by atoms with E-state index in [1.54, 1.807) is 6.07 Å². The van der Waals surface area contributed by atoms with E-state index in [4.69, 9.17) is 34.9 Å². The first-order valence-corrected chi connectivity index (χ1v) is 6.22. The molecule has 2 aromatic rings. The fourth-order valence-electron chi connectivity index (χ4n) is 1.63. The van der Waals surface area contributed by atoms with Gasteiger partial charge in [0.25, 0.3) is 0 Å². The number of benzene rings is 1. The molecule has 0 bridgehead atoms. The van der Waals surface area contributed by atoms with Crippen molar-refractivity contribution in [3.8, 4) is 29.8 Å². The van der Waals surface area contributed by atoms with E-state index in [-0.39, 0.29) is 27.0 Å². The summed E-state index contributed by atoms with van der Waals surface area (Å²) in [5.41, 5.74) is 0.242. The molecule has 9 heteroatoms. The number of nitrogens with zero attached hydrogens (tertiary/aromatic N) is 3. The molecule has 112 valence electrons. The molecule has 1 aromatic carbocycles. The van der Waals surface area contributed by atoms with E-state index in [1.165, 1.54) is 6.20 Å². The number of alkyl halides is 3. The fraction of sp³-hybridized carbons (Fsp3) is 0.0769. The third-order valence-corrected chi connectivity index (χ3v) is 3.00. The number of aromatic nitrogens is 2. The molecule has 0 aliphatic carbocycles. The van der Waals surface area contributed by atoms with E-state index >= 15 is 0 Å². The molecule has 0 N–H and O–H groups in total. The van der Waals surface area contributed by atoms with Gasteiger partial charge in [0.15, 0.2) is 5.69 Å². The van der Waals surface area contributed by atoms with Gasteiger partial charge in [-0.05, 0) is 0 Å². The van der Waals surface area contributed by atoms with Crippen molar-refractivity contribution in [1.29, 1.82) is 5.26 Å². The molecule has 0 saturated heterocycles. The van der Waals surface area contributed by atoms with E-state index in [0.717, 1.165) is 16.8 Å². The van der Waals surface area contributed by atoms with Gasteiger partial charge >= 0.3 is 6.36 Å². The molecule has 0 unspecified atom stereocenters. The summed E-state index contributed by atoms with van der Waals surface area (Å²) in [4.78, 5) is 0. The number of rotatable bonds is 2. The smallest absolute Gasteiger partial charge is 0.406 e. The summed E-state index contributed by atoms with van der Waals surface area (Å²) in [5.74, 6) is 1.68. The van der Waals surface area contributed by atoms with Crippen LogP contribution in [0.4, 0.5) is 13.2 Å². The lowest BCUT2D eigenvalue weighted by Gasteiger charge is -2.12. The van der Waals surface area contributed by atoms with Crippen molar-refractivity contribution in [1.82, 2.24) is 9.78 Å². The molecular weight excluding hydrogens is 342 g/mol. The number of hydrogen-bond donors (Lipinski definition) is 0. The number of hydrogen-bond acceptors (Lipinski definition) is 3. The Hall–Kier alpha value is -2.35. The molecule has 0 spiro atoms. The predicted octanol–water partition coefficient (Wildman–Crippen LogP) is 3.93. The third kappa shape index (κ3) is 3.28.